The van der Waals surface area contributed by atoms with Crippen LogP contribution in [0.3, 0.4) is 0 Å². The summed E-state index contributed by atoms with van der Waals surface area (Å²) in [6.45, 7) is 4.79. The predicted molar refractivity (Wildman–Crippen MR) is 113 cm³/mol. The Bertz CT molecular complexity index is 843. The summed E-state index contributed by atoms with van der Waals surface area (Å²) in [6.07, 6.45) is -1.60. The molecule has 0 radical (unpaired) electrons. The van der Waals surface area contributed by atoms with Gasteiger partial charge in [-0.25, -0.2) is 13.6 Å². The molecule has 10 heteroatoms. The van der Waals surface area contributed by atoms with Crippen molar-refractivity contribution < 1.29 is 37.7 Å². The Morgan fingerprint density at radius 2 is 1.84 bits per heavy atom. The van der Waals surface area contributed by atoms with Crippen molar-refractivity contribution in [3.63, 3.8) is 0 Å². The number of anilines is 1. The molecular formula is C22H30F2N2O6. The molecule has 1 fully saturated rings. The van der Waals surface area contributed by atoms with Crippen LogP contribution in [-0.2, 0) is 14.3 Å². The number of methoxy groups -OCH3 is 1. The first kappa shape index (κ1) is 25.5. The summed E-state index contributed by atoms with van der Waals surface area (Å²) in [5, 5.41) is 15.1. The number of Topliss-reactive ketones (excluding diaryl/α,β-unsaturated/α-hetero) is 1. The number of aromatic hydroxyl groups is 1. The van der Waals surface area contributed by atoms with Crippen LogP contribution >= 0.6 is 0 Å². The van der Waals surface area contributed by atoms with E-state index >= 15 is 0 Å². The van der Waals surface area contributed by atoms with Gasteiger partial charge in [-0.1, -0.05) is 0 Å². The number of ketones is 1. The molecule has 8 nitrogen and oxygen atoms in total. The number of carbonyl (C=O) groups excluding carboxylic acids is 3. The third kappa shape index (κ3) is 7.44. The van der Waals surface area contributed by atoms with Crippen molar-refractivity contribution in [1.29, 1.82) is 0 Å². The number of carbonyl (C=O) groups is 3. The number of phenolic OH excluding ortho intramolecular Hbond substituents is 1. The average Bonchev–Trinajstić information content (AvgIpc) is 2.67. The number of hydrogen-bond acceptors (Lipinski definition) is 6. The van der Waals surface area contributed by atoms with Crippen molar-refractivity contribution in [3.05, 3.63) is 23.8 Å². The van der Waals surface area contributed by atoms with Crippen LogP contribution in [0.25, 0.3) is 0 Å². The van der Waals surface area contributed by atoms with Crippen LogP contribution in [-0.4, -0.2) is 54.2 Å². The lowest BCUT2D eigenvalue weighted by molar-refractivity contribution is -0.121. The molecule has 3 N–H and O–H groups in total. The second kappa shape index (κ2) is 10.2. The largest absolute Gasteiger partial charge is 0.506 e. The van der Waals surface area contributed by atoms with E-state index in [1.807, 2.05) is 0 Å². The van der Waals surface area contributed by atoms with Gasteiger partial charge in [0, 0.05) is 25.5 Å². The molecule has 178 valence electrons. The highest BCUT2D eigenvalue weighted by atomic mass is 19.3. The van der Waals surface area contributed by atoms with Crippen molar-refractivity contribution in [3.8, 4) is 5.75 Å². The molecule has 1 aromatic carbocycles. The first-order valence-corrected chi connectivity index (χ1v) is 10.3. The summed E-state index contributed by atoms with van der Waals surface area (Å²) in [7, 11) is 1.36. The Labute approximate surface area is 185 Å². The Kier molecular flexibility index (Phi) is 8.17. The molecule has 2 amide bonds. The van der Waals surface area contributed by atoms with E-state index in [1.54, 1.807) is 20.8 Å². The number of rotatable bonds is 7. The first-order chi connectivity index (χ1) is 14.8. The summed E-state index contributed by atoms with van der Waals surface area (Å²) < 4.78 is 37.3. The van der Waals surface area contributed by atoms with Crippen molar-refractivity contribution in [2.45, 2.75) is 64.0 Å². The maximum Gasteiger partial charge on any atom is 0.408 e. The summed E-state index contributed by atoms with van der Waals surface area (Å²) in [6, 6.07) is 2.74. The van der Waals surface area contributed by atoms with Crippen LogP contribution in [0, 0.1) is 5.92 Å². The minimum Gasteiger partial charge on any atom is -0.506 e. The van der Waals surface area contributed by atoms with E-state index in [2.05, 4.69) is 10.6 Å². The third-order valence-corrected chi connectivity index (χ3v) is 5.04. The second-order valence-corrected chi connectivity index (χ2v) is 8.89. The maximum atomic E-state index is 13.6. The lowest BCUT2D eigenvalue weighted by Gasteiger charge is -2.33. The van der Waals surface area contributed by atoms with Gasteiger partial charge in [-0.3, -0.25) is 9.59 Å². The molecule has 0 saturated heterocycles. The number of phenols is 1. The van der Waals surface area contributed by atoms with Crippen LogP contribution in [0.4, 0.5) is 19.3 Å². The zero-order chi connectivity index (χ0) is 24.1. The number of ether oxygens (including phenoxy) is 2. The number of alkyl halides is 2. The number of halogens is 2. The van der Waals surface area contributed by atoms with E-state index in [0.29, 0.717) is 0 Å². The molecule has 0 unspecified atom stereocenters. The fourth-order valence-electron chi connectivity index (χ4n) is 3.46. The highest BCUT2D eigenvalue weighted by Crippen LogP contribution is 2.38. The van der Waals surface area contributed by atoms with E-state index in [-0.39, 0.29) is 42.2 Å². The summed E-state index contributed by atoms with van der Waals surface area (Å²) in [5.41, 5.74) is -0.665. The van der Waals surface area contributed by atoms with Crippen LogP contribution in [0.5, 0.6) is 5.75 Å². The van der Waals surface area contributed by atoms with Gasteiger partial charge in [0.1, 0.15) is 24.0 Å². The molecule has 32 heavy (non-hydrogen) atoms. The maximum absolute atomic E-state index is 13.6. The molecule has 0 aromatic heterocycles. The van der Waals surface area contributed by atoms with Crippen LogP contribution < -0.4 is 10.6 Å². The van der Waals surface area contributed by atoms with Gasteiger partial charge in [-0.05, 0) is 57.7 Å². The zero-order valence-corrected chi connectivity index (χ0v) is 18.7. The van der Waals surface area contributed by atoms with E-state index in [1.165, 1.54) is 25.3 Å². The van der Waals surface area contributed by atoms with Gasteiger partial charge in [0.25, 0.3) is 0 Å². The third-order valence-electron chi connectivity index (χ3n) is 5.04. The lowest BCUT2D eigenvalue weighted by atomic mass is 9.81. The molecule has 1 saturated carbocycles. The van der Waals surface area contributed by atoms with Gasteiger partial charge >= 0.3 is 6.09 Å². The van der Waals surface area contributed by atoms with E-state index in [0.717, 1.165) is 0 Å². The number of benzene rings is 1. The molecule has 1 atom stereocenters. The molecule has 2 rings (SSSR count). The molecule has 1 aliphatic carbocycles. The van der Waals surface area contributed by atoms with Gasteiger partial charge < -0.3 is 25.2 Å². The Hall–Kier alpha value is -2.75. The highest BCUT2D eigenvalue weighted by molar-refractivity contribution is 6.01. The van der Waals surface area contributed by atoms with E-state index in [4.69, 9.17) is 9.47 Å². The van der Waals surface area contributed by atoms with Crippen molar-refractivity contribution in [2.24, 2.45) is 5.92 Å². The number of hydrogen-bond donors (Lipinski definition) is 3. The number of nitrogens with one attached hydrogen (secondary N) is 2. The van der Waals surface area contributed by atoms with Gasteiger partial charge in [-0.15, -0.1) is 0 Å². The van der Waals surface area contributed by atoms with E-state index in [9.17, 15) is 28.3 Å². The molecule has 0 heterocycles. The van der Waals surface area contributed by atoms with Crippen molar-refractivity contribution in [1.82, 2.24) is 5.32 Å². The van der Waals surface area contributed by atoms with Crippen molar-refractivity contribution >= 4 is 23.5 Å². The Morgan fingerprint density at radius 1 is 1.22 bits per heavy atom. The molecular weight excluding hydrogens is 426 g/mol. The second-order valence-electron chi connectivity index (χ2n) is 8.89. The monoisotopic (exact) mass is 456 g/mol. The SMILES string of the molecule is COCC(=O)c1ccc(O)c(NC(=O)[C@@H](NC(=O)OC(C)(C)C)C2CCC(F)(F)CC2)c1. The fourth-order valence-corrected chi connectivity index (χ4v) is 3.46. The Balaban J connectivity index is 2.23. The normalized spacial score (nSPS) is 17.3. The molecule has 0 bridgehead atoms. The smallest absolute Gasteiger partial charge is 0.408 e. The molecule has 0 spiro atoms. The quantitative estimate of drug-likeness (QED) is 0.424. The lowest BCUT2D eigenvalue weighted by Crippen LogP contribution is -2.51. The predicted octanol–water partition coefficient (Wildman–Crippen LogP) is 3.88. The Morgan fingerprint density at radius 3 is 2.41 bits per heavy atom. The highest BCUT2D eigenvalue weighted by Gasteiger charge is 2.41. The van der Waals surface area contributed by atoms with Crippen molar-refractivity contribution in [2.75, 3.05) is 19.0 Å². The fraction of sp³-hybridized carbons (Fsp3) is 0.591. The molecule has 1 aromatic rings. The summed E-state index contributed by atoms with van der Waals surface area (Å²) in [5.74, 6) is -4.72. The minimum absolute atomic E-state index is 0.0270. The minimum atomic E-state index is -2.81. The summed E-state index contributed by atoms with van der Waals surface area (Å²) in [4.78, 5) is 37.4. The zero-order valence-electron chi connectivity index (χ0n) is 18.7. The van der Waals surface area contributed by atoms with Crippen LogP contribution in [0.2, 0.25) is 0 Å². The number of amides is 2. The first-order valence-electron chi connectivity index (χ1n) is 10.3. The van der Waals surface area contributed by atoms with Gasteiger partial charge in [-0.2, -0.15) is 0 Å². The standard InChI is InChI=1S/C22H30F2N2O6/c1-21(2,3)32-20(30)26-18(13-7-9-22(23,24)10-8-13)19(29)25-15-11-14(5-6-16(15)27)17(28)12-31-4/h5-6,11,13,18,27H,7-10,12H2,1-4H3,(H,25,29)(H,26,30)/t18-/m0/s1. The van der Waals surface area contributed by atoms with E-state index < -0.39 is 48.3 Å². The van der Waals surface area contributed by atoms with Gasteiger partial charge in [0.05, 0.1) is 5.69 Å². The summed E-state index contributed by atoms with van der Waals surface area (Å²) >= 11 is 0. The molecule has 0 aliphatic heterocycles. The van der Waals surface area contributed by atoms with Crippen LogP contribution in [0.15, 0.2) is 18.2 Å². The average molecular weight is 456 g/mol. The van der Waals surface area contributed by atoms with Gasteiger partial charge in [0.15, 0.2) is 5.78 Å². The number of alkyl carbamates (subject to hydrolysis) is 1. The van der Waals surface area contributed by atoms with Crippen LogP contribution in [0.1, 0.15) is 56.8 Å². The van der Waals surface area contributed by atoms with Gasteiger partial charge in [0.2, 0.25) is 11.8 Å². The topological polar surface area (TPSA) is 114 Å². The molecule has 1 aliphatic rings.